The van der Waals surface area contributed by atoms with Crippen molar-refractivity contribution in [2.24, 2.45) is 5.73 Å². The number of nitrogens with zero attached hydrogens (tertiary/aromatic N) is 1. The average molecular weight is 296 g/mol. The van der Waals surface area contributed by atoms with Crippen molar-refractivity contribution < 1.29 is 17.5 Å². The van der Waals surface area contributed by atoms with E-state index in [1.54, 1.807) is 6.07 Å². The minimum atomic E-state index is -4.42. The van der Waals surface area contributed by atoms with Gasteiger partial charge in [0.1, 0.15) is 16.7 Å². The first-order valence-electron chi connectivity index (χ1n) is 6.61. The van der Waals surface area contributed by atoms with Crippen molar-refractivity contribution in [3.8, 4) is 0 Å². The van der Waals surface area contributed by atoms with E-state index in [0.717, 1.165) is 29.9 Å². The van der Waals surface area contributed by atoms with Gasteiger partial charge in [0.25, 0.3) is 0 Å². The van der Waals surface area contributed by atoms with Gasteiger partial charge in [0.2, 0.25) is 5.69 Å². The van der Waals surface area contributed by atoms with Crippen molar-refractivity contribution in [2.75, 3.05) is 13.1 Å². The summed E-state index contributed by atoms with van der Waals surface area (Å²) >= 11 is 0. The number of rotatable bonds is 4. The first-order valence-corrected chi connectivity index (χ1v) is 8.02. The van der Waals surface area contributed by atoms with Crippen LogP contribution in [-0.4, -0.2) is 36.3 Å². The number of fused-ring (bicyclic) bond motifs is 1. The molecule has 0 atom stereocenters. The molecule has 0 saturated heterocycles. The third-order valence-corrected chi connectivity index (χ3v) is 4.95. The van der Waals surface area contributed by atoms with Crippen molar-refractivity contribution in [3.63, 3.8) is 0 Å². The van der Waals surface area contributed by atoms with Crippen molar-refractivity contribution in [1.29, 1.82) is 0 Å². The van der Waals surface area contributed by atoms with Gasteiger partial charge >= 0.3 is 0 Å². The van der Waals surface area contributed by atoms with Crippen molar-refractivity contribution in [1.82, 2.24) is 0 Å². The highest BCUT2D eigenvalue weighted by atomic mass is 32.2. The molecule has 1 heterocycles. The molecule has 20 heavy (non-hydrogen) atoms. The van der Waals surface area contributed by atoms with Crippen LogP contribution in [0.4, 0.5) is 5.69 Å². The summed E-state index contributed by atoms with van der Waals surface area (Å²) in [5.74, 6) is 0. The van der Waals surface area contributed by atoms with Crippen LogP contribution in [-0.2, 0) is 15.5 Å². The maximum absolute atomic E-state index is 11.2. The molecule has 1 aliphatic heterocycles. The van der Waals surface area contributed by atoms with E-state index < -0.39 is 10.1 Å². The van der Waals surface area contributed by atoms with Crippen LogP contribution in [0.2, 0.25) is 0 Å². The number of benzene rings is 1. The summed E-state index contributed by atoms with van der Waals surface area (Å²) < 4.78 is 35.7. The minimum absolute atomic E-state index is 0.169. The maximum Gasteiger partial charge on any atom is 0.209 e. The number of hydrogen-bond donors (Lipinski definition) is 1. The molecule has 0 fully saturated rings. The van der Waals surface area contributed by atoms with E-state index in [9.17, 15) is 13.0 Å². The second kappa shape index (κ2) is 4.95. The average Bonchev–Trinajstić information content (AvgIpc) is 2.55. The van der Waals surface area contributed by atoms with Gasteiger partial charge in [0, 0.05) is 25.0 Å². The summed E-state index contributed by atoms with van der Waals surface area (Å²) in [5.41, 5.74) is 8.26. The third kappa shape index (κ3) is 2.39. The van der Waals surface area contributed by atoms with E-state index in [1.807, 2.05) is 20.8 Å². The highest BCUT2D eigenvalue weighted by Crippen LogP contribution is 2.40. The number of hydrogen-bond acceptors (Lipinski definition) is 4. The molecule has 2 N–H and O–H groups in total. The Morgan fingerprint density at radius 3 is 2.55 bits per heavy atom. The van der Waals surface area contributed by atoms with Gasteiger partial charge in [0.05, 0.1) is 10.3 Å². The van der Waals surface area contributed by atoms with Crippen LogP contribution in [0.3, 0.4) is 0 Å². The van der Waals surface area contributed by atoms with Gasteiger partial charge in [-0.2, -0.15) is 4.58 Å². The molecule has 6 heteroatoms. The van der Waals surface area contributed by atoms with E-state index in [1.165, 1.54) is 12.1 Å². The lowest BCUT2D eigenvalue weighted by Gasteiger charge is -2.16. The van der Waals surface area contributed by atoms with E-state index in [0.29, 0.717) is 6.54 Å². The lowest BCUT2D eigenvalue weighted by Crippen LogP contribution is -2.27. The smallest absolute Gasteiger partial charge is 0.209 e. The summed E-state index contributed by atoms with van der Waals surface area (Å²) in [5, 5.41) is 0. The third-order valence-electron chi connectivity index (χ3n) is 4.12. The van der Waals surface area contributed by atoms with E-state index in [-0.39, 0.29) is 10.3 Å². The van der Waals surface area contributed by atoms with Gasteiger partial charge in [-0.25, -0.2) is 8.42 Å². The number of nitrogens with two attached hydrogens (primary N) is 1. The molecule has 1 aliphatic rings. The molecule has 0 radical (unpaired) electrons. The quantitative estimate of drug-likeness (QED) is 0.671. The highest BCUT2D eigenvalue weighted by Gasteiger charge is 2.42. The lowest BCUT2D eigenvalue weighted by atomic mass is 9.82. The summed E-state index contributed by atoms with van der Waals surface area (Å²) in [4.78, 5) is -0.169. The first-order chi connectivity index (χ1) is 9.19. The first kappa shape index (κ1) is 15.2. The Bertz CT molecular complexity index is 676. The molecule has 0 spiro atoms. The van der Waals surface area contributed by atoms with Crippen LogP contribution < -0.4 is 5.73 Å². The van der Waals surface area contributed by atoms with Crippen LogP contribution in [0.1, 0.15) is 32.8 Å². The summed E-state index contributed by atoms with van der Waals surface area (Å²) in [6.07, 6.45) is 0.856. The van der Waals surface area contributed by atoms with Gasteiger partial charge in [0.15, 0.2) is 5.71 Å². The fourth-order valence-electron chi connectivity index (χ4n) is 2.66. The van der Waals surface area contributed by atoms with Crippen LogP contribution in [0.25, 0.3) is 0 Å². The molecule has 0 aliphatic carbocycles. The Hall–Kier alpha value is -1.24. The highest BCUT2D eigenvalue weighted by molar-refractivity contribution is 7.85. The van der Waals surface area contributed by atoms with Gasteiger partial charge in [-0.3, -0.25) is 0 Å². The summed E-state index contributed by atoms with van der Waals surface area (Å²) in [6, 6.07) is 4.60. The zero-order valence-electron chi connectivity index (χ0n) is 12.0. The van der Waals surface area contributed by atoms with Gasteiger partial charge in [-0.05, 0) is 32.5 Å². The zero-order chi connectivity index (χ0) is 15.1. The Balaban J connectivity index is 2.57. The predicted molar refractivity (Wildman–Crippen MR) is 76.6 cm³/mol. The van der Waals surface area contributed by atoms with Gasteiger partial charge in [-0.15, -0.1) is 0 Å². The molecular weight excluding hydrogens is 276 g/mol. The molecule has 1 aromatic rings. The second-order valence-electron chi connectivity index (χ2n) is 5.64. The lowest BCUT2D eigenvalue weighted by molar-refractivity contribution is -0.439. The molecule has 0 amide bonds. The minimum Gasteiger partial charge on any atom is -0.744 e. The van der Waals surface area contributed by atoms with Crippen molar-refractivity contribution >= 4 is 21.5 Å². The molecule has 110 valence electrons. The van der Waals surface area contributed by atoms with Crippen LogP contribution in [0.15, 0.2) is 23.1 Å². The summed E-state index contributed by atoms with van der Waals surface area (Å²) in [6.45, 7) is 7.49. The predicted octanol–water partition coefficient (Wildman–Crippen LogP) is 1.34. The molecule has 0 saturated carbocycles. The van der Waals surface area contributed by atoms with E-state index in [2.05, 4.69) is 4.58 Å². The standard InChI is InChI=1S/C14H20N2O3S/c1-10-14(2,3)12-9-11(20(17,18)19)5-6-13(12)16(10)8-4-7-15/h5-6,9H,4,7-8,15H2,1-3H3. The molecule has 0 aromatic heterocycles. The van der Waals surface area contributed by atoms with E-state index in [4.69, 9.17) is 5.73 Å². The Labute approximate surface area is 119 Å². The van der Waals surface area contributed by atoms with Crippen molar-refractivity contribution in [2.45, 2.75) is 37.5 Å². The van der Waals surface area contributed by atoms with Crippen LogP contribution in [0.5, 0.6) is 0 Å². The topological polar surface area (TPSA) is 86.2 Å². The molecule has 5 nitrogen and oxygen atoms in total. The molecular formula is C14H20N2O3S. The van der Waals surface area contributed by atoms with E-state index >= 15 is 0 Å². The molecule has 0 unspecified atom stereocenters. The molecule has 1 aromatic carbocycles. The molecule has 2 rings (SSSR count). The zero-order valence-corrected chi connectivity index (χ0v) is 12.8. The summed E-state index contributed by atoms with van der Waals surface area (Å²) in [7, 11) is -4.42. The largest absolute Gasteiger partial charge is 0.744 e. The Morgan fingerprint density at radius 1 is 1.35 bits per heavy atom. The van der Waals surface area contributed by atoms with Gasteiger partial charge < -0.3 is 10.3 Å². The molecule has 0 bridgehead atoms. The fourth-order valence-corrected chi connectivity index (χ4v) is 3.15. The Kier molecular flexibility index (Phi) is 3.75. The Morgan fingerprint density at radius 2 is 2.00 bits per heavy atom. The maximum atomic E-state index is 11.2. The van der Waals surface area contributed by atoms with Crippen molar-refractivity contribution in [3.05, 3.63) is 23.8 Å². The van der Waals surface area contributed by atoms with Gasteiger partial charge in [-0.1, -0.05) is 0 Å². The van der Waals surface area contributed by atoms with Crippen LogP contribution in [0, 0.1) is 0 Å². The fraction of sp³-hybridized carbons (Fsp3) is 0.500. The second-order valence-corrected chi connectivity index (χ2v) is 7.02. The monoisotopic (exact) mass is 296 g/mol. The SMILES string of the molecule is CC1=[N+](CCCN)c2ccc(S(=O)(=O)[O-])cc2C1(C)C. The van der Waals surface area contributed by atoms with Crippen LogP contribution >= 0.6 is 0 Å². The normalized spacial score (nSPS) is 17.4.